The molecule has 5 nitrogen and oxygen atoms in total. The maximum atomic E-state index is 13.9. The highest BCUT2D eigenvalue weighted by molar-refractivity contribution is 5.49. The van der Waals surface area contributed by atoms with Gasteiger partial charge in [-0.2, -0.15) is 0 Å². The molecular formula is C20H19FN4O. The lowest BCUT2D eigenvalue weighted by atomic mass is 10.1. The van der Waals surface area contributed by atoms with Gasteiger partial charge >= 0.3 is 0 Å². The molecule has 1 aliphatic heterocycles. The fourth-order valence-electron chi connectivity index (χ4n) is 3.30. The van der Waals surface area contributed by atoms with Crippen molar-refractivity contribution in [2.45, 2.75) is 19.4 Å². The molecule has 0 fully saturated rings. The number of H-pyrrole nitrogens is 1. The zero-order valence-corrected chi connectivity index (χ0v) is 14.3. The molecule has 0 atom stereocenters. The van der Waals surface area contributed by atoms with Crippen LogP contribution in [-0.4, -0.2) is 32.9 Å². The van der Waals surface area contributed by atoms with E-state index in [0.717, 1.165) is 17.8 Å². The van der Waals surface area contributed by atoms with Crippen LogP contribution in [0.1, 0.15) is 16.8 Å². The molecule has 26 heavy (non-hydrogen) atoms. The van der Waals surface area contributed by atoms with Crippen molar-refractivity contribution in [2.24, 2.45) is 0 Å². The first kappa shape index (κ1) is 16.6. The largest absolute Gasteiger partial charge is 0.305 e. The monoisotopic (exact) mass is 350 g/mol. The summed E-state index contributed by atoms with van der Waals surface area (Å²) in [6.07, 6.45) is 2.94. The van der Waals surface area contributed by atoms with E-state index in [1.807, 2.05) is 24.3 Å². The number of hydrogen-bond acceptors (Lipinski definition) is 4. The highest BCUT2D eigenvalue weighted by atomic mass is 19.1. The quantitative estimate of drug-likeness (QED) is 0.789. The molecular weight excluding hydrogens is 331 g/mol. The first-order valence-electron chi connectivity index (χ1n) is 8.70. The van der Waals surface area contributed by atoms with E-state index in [1.165, 1.54) is 6.07 Å². The standard InChI is InChI=1S/C20H19FN4O/c21-16-6-2-1-5-14(16)13-25-11-8-15-17(9-12-25)23-19(24-20(15)26)18-7-3-4-10-22-18/h1-7,10H,8-9,11-13H2,(H,23,24,26). The Balaban J connectivity index is 1.57. The number of halogens is 1. The van der Waals surface area contributed by atoms with Crippen molar-refractivity contribution in [1.82, 2.24) is 19.9 Å². The highest BCUT2D eigenvalue weighted by Crippen LogP contribution is 2.17. The van der Waals surface area contributed by atoms with Crippen LogP contribution in [0.5, 0.6) is 0 Å². The number of aromatic nitrogens is 3. The Morgan fingerprint density at radius 3 is 2.69 bits per heavy atom. The average Bonchev–Trinajstić information content (AvgIpc) is 2.87. The van der Waals surface area contributed by atoms with Gasteiger partial charge in [-0.25, -0.2) is 9.37 Å². The third-order valence-corrected chi connectivity index (χ3v) is 4.70. The summed E-state index contributed by atoms with van der Waals surface area (Å²) in [5, 5.41) is 0. The summed E-state index contributed by atoms with van der Waals surface area (Å²) in [4.78, 5) is 26.4. The number of benzene rings is 1. The Hall–Kier alpha value is -2.86. The third kappa shape index (κ3) is 3.41. The van der Waals surface area contributed by atoms with Crippen molar-refractivity contribution in [2.75, 3.05) is 13.1 Å². The summed E-state index contributed by atoms with van der Waals surface area (Å²) >= 11 is 0. The normalized spacial score (nSPS) is 14.7. The molecule has 0 bridgehead atoms. The second-order valence-electron chi connectivity index (χ2n) is 6.42. The molecule has 0 saturated heterocycles. The predicted molar refractivity (Wildman–Crippen MR) is 97.2 cm³/mol. The summed E-state index contributed by atoms with van der Waals surface area (Å²) in [5.41, 5.74) is 2.75. The molecule has 132 valence electrons. The number of fused-ring (bicyclic) bond motifs is 1. The summed E-state index contributed by atoms with van der Waals surface area (Å²) in [5.74, 6) is 0.305. The lowest BCUT2D eigenvalue weighted by molar-refractivity contribution is 0.274. The Kier molecular flexibility index (Phi) is 4.58. The molecule has 1 aliphatic rings. The first-order chi connectivity index (χ1) is 12.7. The third-order valence-electron chi connectivity index (χ3n) is 4.70. The highest BCUT2D eigenvalue weighted by Gasteiger charge is 2.20. The van der Waals surface area contributed by atoms with E-state index in [4.69, 9.17) is 0 Å². The minimum Gasteiger partial charge on any atom is -0.305 e. The van der Waals surface area contributed by atoms with Gasteiger partial charge in [0.2, 0.25) is 0 Å². The van der Waals surface area contributed by atoms with Gasteiger partial charge in [-0.3, -0.25) is 14.7 Å². The minimum absolute atomic E-state index is 0.108. The topological polar surface area (TPSA) is 61.9 Å². The van der Waals surface area contributed by atoms with Crippen LogP contribution < -0.4 is 5.56 Å². The number of nitrogens with zero attached hydrogens (tertiary/aromatic N) is 3. The molecule has 0 unspecified atom stereocenters. The van der Waals surface area contributed by atoms with Gasteiger partial charge in [0, 0.05) is 43.4 Å². The molecule has 3 aromatic rings. The van der Waals surface area contributed by atoms with Gasteiger partial charge in [0.15, 0.2) is 5.82 Å². The van der Waals surface area contributed by atoms with Crippen LogP contribution >= 0.6 is 0 Å². The Morgan fingerprint density at radius 1 is 1.08 bits per heavy atom. The molecule has 1 aromatic carbocycles. The van der Waals surface area contributed by atoms with Crippen LogP contribution in [0.3, 0.4) is 0 Å². The van der Waals surface area contributed by atoms with Gasteiger partial charge in [-0.05, 0) is 24.6 Å². The predicted octanol–water partition coefficient (Wildman–Crippen LogP) is 2.57. The lowest BCUT2D eigenvalue weighted by Crippen LogP contribution is -2.26. The molecule has 0 spiro atoms. The second-order valence-corrected chi connectivity index (χ2v) is 6.42. The first-order valence-corrected chi connectivity index (χ1v) is 8.70. The van der Waals surface area contributed by atoms with Gasteiger partial charge < -0.3 is 4.98 Å². The number of rotatable bonds is 3. The van der Waals surface area contributed by atoms with Crippen molar-refractivity contribution >= 4 is 0 Å². The minimum atomic E-state index is -0.192. The van der Waals surface area contributed by atoms with Crippen LogP contribution in [0.4, 0.5) is 4.39 Å². The van der Waals surface area contributed by atoms with E-state index in [2.05, 4.69) is 19.9 Å². The van der Waals surface area contributed by atoms with Gasteiger partial charge in [0.05, 0.1) is 5.69 Å². The zero-order valence-electron chi connectivity index (χ0n) is 14.3. The lowest BCUT2D eigenvalue weighted by Gasteiger charge is -2.19. The Bertz CT molecular complexity index is 971. The number of nitrogens with one attached hydrogen (secondary N) is 1. The smallest absolute Gasteiger partial charge is 0.254 e. The summed E-state index contributed by atoms with van der Waals surface area (Å²) in [6, 6.07) is 12.3. The number of hydrogen-bond donors (Lipinski definition) is 1. The molecule has 4 rings (SSSR count). The summed E-state index contributed by atoms with van der Waals surface area (Å²) in [7, 11) is 0. The van der Waals surface area contributed by atoms with Gasteiger partial charge in [-0.1, -0.05) is 24.3 Å². The average molecular weight is 350 g/mol. The van der Waals surface area contributed by atoms with E-state index >= 15 is 0 Å². The molecule has 2 aromatic heterocycles. The van der Waals surface area contributed by atoms with Crippen LogP contribution in [0.15, 0.2) is 53.5 Å². The van der Waals surface area contributed by atoms with E-state index < -0.39 is 0 Å². The van der Waals surface area contributed by atoms with Crippen molar-refractivity contribution in [3.05, 3.63) is 81.7 Å². The van der Waals surface area contributed by atoms with E-state index in [9.17, 15) is 9.18 Å². The zero-order chi connectivity index (χ0) is 17.9. The molecule has 0 saturated carbocycles. The van der Waals surface area contributed by atoms with Crippen molar-refractivity contribution in [1.29, 1.82) is 0 Å². The van der Waals surface area contributed by atoms with Crippen molar-refractivity contribution < 1.29 is 4.39 Å². The molecule has 0 aliphatic carbocycles. The Morgan fingerprint density at radius 2 is 1.88 bits per heavy atom. The van der Waals surface area contributed by atoms with E-state index in [0.29, 0.717) is 43.0 Å². The van der Waals surface area contributed by atoms with Crippen molar-refractivity contribution in [3.8, 4) is 11.5 Å². The molecule has 0 radical (unpaired) electrons. The summed E-state index contributed by atoms with van der Waals surface area (Å²) in [6.45, 7) is 1.97. The molecule has 3 heterocycles. The number of pyridine rings is 1. The van der Waals surface area contributed by atoms with Gasteiger partial charge in [0.1, 0.15) is 11.5 Å². The fourth-order valence-corrected chi connectivity index (χ4v) is 3.30. The van der Waals surface area contributed by atoms with Crippen LogP contribution in [0, 0.1) is 5.82 Å². The fraction of sp³-hybridized carbons (Fsp3) is 0.250. The number of aromatic amines is 1. The van der Waals surface area contributed by atoms with E-state index in [-0.39, 0.29) is 11.4 Å². The maximum Gasteiger partial charge on any atom is 0.254 e. The Labute approximate surface area is 150 Å². The van der Waals surface area contributed by atoms with Crippen LogP contribution in [0.2, 0.25) is 0 Å². The van der Waals surface area contributed by atoms with Gasteiger partial charge in [-0.15, -0.1) is 0 Å². The summed E-state index contributed by atoms with van der Waals surface area (Å²) < 4.78 is 13.9. The molecule has 6 heteroatoms. The van der Waals surface area contributed by atoms with Gasteiger partial charge in [0.25, 0.3) is 5.56 Å². The molecule has 0 amide bonds. The van der Waals surface area contributed by atoms with Crippen molar-refractivity contribution in [3.63, 3.8) is 0 Å². The van der Waals surface area contributed by atoms with Crippen LogP contribution in [0.25, 0.3) is 11.5 Å². The van der Waals surface area contributed by atoms with Crippen LogP contribution in [-0.2, 0) is 19.4 Å². The SMILES string of the molecule is O=c1[nH]c(-c2ccccn2)nc2c1CCN(Cc1ccccc1F)CC2. The second kappa shape index (κ2) is 7.17. The van der Waals surface area contributed by atoms with E-state index in [1.54, 1.807) is 18.3 Å². The molecule has 1 N–H and O–H groups in total. The maximum absolute atomic E-state index is 13.9.